The molecule has 1 amide bonds. The molecule has 23 heavy (non-hydrogen) atoms. The van der Waals surface area contributed by atoms with Crippen LogP contribution in [0.4, 0.5) is 4.79 Å². The molecule has 1 unspecified atom stereocenters. The van der Waals surface area contributed by atoms with E-state index in [9.17, 15) is 4.79 Å². The Morgan fingerprint density at radius 3 is 2.48 bits per heavy atom. The van der Waals surface area contributed by atoms with Gasteiger partial charge in [0.05, 0.1) is 0 Å². The van der Waals surface area contributed by atoms with Crippen LogP contribution >= 0.6 is 0 Å². The van der Waals surface area contributed by atoms with Gasteiger partial charge in [-0.25, -0.2) is 4.79 Å². The smallest absolute Gasteiger partial charge is 0.410 e. The van der Waals surface area contributed by atoms with Crippen molar-refractivity contribution in [3.8, 4) is 0 Å². The van der Waals surface area contributed by atoms with Crippen molar-refractivity contribution in [2.24, 2.45) is 5.92 Å². The van der Waals surface area contributed by atoms with Crippen molar-refractivity contribution in [1.29, 1.82) is 0 Å². The highest BCUT2D eigenvalue weighted by molar-refractivity contribution is 5.68. The van der Waals surface area contributed by atoms with Crippen molar-refractivity contribution in [2.75, 3.05) is 26.7 Å². The average Bonchev–Trinajstić information content (AvgIpc) is 2.52. The van der Waals surface area contributed by atoms with Gasteiger partial charge < -0.3 is 20.3 Å². The van der Waals surface area contributed by atoms with Gasteiger partial charge in [-0.2, -0.15) is 0 Å². The highest BCUT2D eigenvalue weighted by Gasteiger charge is 2.29. The molecular weight excluding hydrogens is 290 g/mol. The summed E-state index contributed by atoms with van der Waals surface area (Å²) in [7, 11) is 1.88. The van der Waals surface area contributed by atoms with Gasteiger partial charge in [-0.05, 0) is 84.8 Å². The lowest BCUT2D eigenvalue weighted by Gasteiger charge is -2.36. The van der Waals surface area contributed by atoms with Crippen molar-refractivity contribution in [2.45, 2.75) is 77.0 Å². The molecule has 2 aliphatic rings. The fraction of sp³-hybridized carbons (Fsp3) is 0.944. The molecule has 1 heterocycles. The van der Waals surface area contributed by atoms with Gasteiger partial charge >= 0.3 is 6.09 Å². The predicted octanol–water partition coefficient (Wildman–Crippen LogP) is 2.75. The molecule has 0 radical (unpaired) electrons. The summed E-state index contributed by atoms with van der Waals surface area (Å²) in [4.78, 5) is 14.0. The molecule has 2 fully saturated rings. The van der Waals surface area contributed by atoms with E-state index < -0.39 is 5.60 Å². The van der Waals surface area contributed by atoms with Gasteiger partial charge in [0.25, 0.3) is 0 Å². The molecule has 0 aromatic rings. The van der Waals surface area contributed by atoms with Crippen LogP contribution in [-0.4, -0.2) is 55.4 Å². The van der Waals surface area contributed by atoms with Gasteiger partial charge in [0.15, 0.2) is 0 Å². The molecule has 1 saturated carbocycles. The lowest BCUT2D eigenvalue weighted by Crippen LogP contribution is -2.46. The number of nitrogens with zero attached hydrogens (tertiary/aromatic N) is 1. The normalized spacial score (nSPS) is 29.1. The number of carbonyl (C=O) groups excluding carboxylic acids is 1. The summed E-state index contributed by atoms with van der Waals surface area (Å²) in [5.41, 5.74) is -0.419. The van der Waals surface area contributed by atoms with E-state index in [-0.39, 0.29) is 6.09 Å². The second-order valence-electron chi connectivity index (χ2n) is 8.22. The van der Waals surface area contributed by atoms with Gasteiger partial charge in [-0.1, -0.05) is 0 Å². The zero-order valence-electron chi connectivity index (χ0n) is 15.4. The Balaban J connectivity index is 1.67. The van der Waals surface area contributed by atoms with Crippen molar-refractivity contribution in [1.82, 2.24) is 15.5 Å². The number of piperidine rings is 1. The Kier molecular flexibility index (Phi) is 6.72. The summed E-state index contributed by atoms with van der Waals surface area (Å²) in [6.07, 6.45) is 6.89. The summed E-state index contributed by atoms with van der Waals surface area (Å²) < 4.78 is 5.47. The molecule has 2 rings (SSSR count). The molecule has 1 atom stereocenters. The van der Waals surface area contributed by atoms with Crippen LogP contribution in [0, 0.1) is 5.92 Å². The minimum atomic E-state index is -0.419. The fourth-order valence-electron chi connectivity index (χ4n) is 3.58. The largest absolute Gasteiger partial charge is 0.444 e. The first-order valence-corrected chi connectivity index (χ1v) is 9.25. The lowest BCUT2D eigenvalue weighted by molar-refractivity contribution is 0.0179. The molecule has 0 aromatic carbocycles. The highest BCUT2D eigenvalue weighted by atomic mass is 16.6. The average molecular weight is 325 g/mol. The Bertz CT molecular complexity index is 367. The van der Waals surface area contributed by atoms with E-state index in [4.69, 9.17) is 4.74 Å². The molecule has 1 saturated heterocycles. The van der Waals surface area contributed by atoms with Crippen molar-refractivity contribution >= 4 is 6.09 Å². The van der Waals surface area contributed by atoms with Crippen LogP contribution in [0.5, 0.6) is 0 Å². The number of nitrogens with one attached hydrogen (secondary N) is 2. The Labute approximate surface area is 141 Å². The van der Waals surface area contributed by atoms with Gasteiger partial charge in [-0.3, -0.25) is 0 Å². The summed E-state index contributed by atoms with van der Waals surface area (Å²) in [6, 6.07) is 0.930. The van der Waals surface area contributed by atoms with E-state index in [1.54, 1.807) is 4.90 Å². The van der Waals surface area contributed by atoms with Crippen molar-refractivity contribution in [3.05, 3.63) is 0 Å². The molecule has 1 aliphatic carbocycles. The number of ether oxygens (including phenoxy) is 1. The van der Waals surface area contributed by atoms with Crippen LogP contribution in [0.15, 0.2) is 0 Å². The second-order valence-corrected chi connectivity index (χ2v) is 8.22. The summed E-state index contributed by atoms with van der Waals surface area (Å²) >= 11 is 0. The summed E-state index contributed by atoms with van der Waals surface area (Å²) in [5, 5.41) is 7.22. The molecule has 0 bridgehead atoms. The lowest BCUT2D eigenvalue weighted by atomic mass is 9.90. The third-order valence-electron chi connectivity index (χ3n) is 5.02. The quantitative estimate of drug-likeness (QED) is 0.834. The Morgan fingerprint density at radius 2 is 1.91 bits per heavy atom. The standard InChI is InChI=1S/C18H35N3O2/c1-18(2,3)23-17(22)21(4)16-9-7-15(8-10-16)20-13-14-6-5-11-19-12-14/h14-16,19-20H,5-13H2,1-4H3. The maximum Gasteiger partial charge on any atom is 0.410 e. The van der Waals surface area contributed by atoms with E-state index >= 15 is 0 Å². The third kappa shape index (κ3) is 6.30. The van der Waals surface area contributed by atoms with Crippen LogP contribution in [-0.2, 0) is 4.74 Å². The number of amides is 1. The molecule has 1 aliphatic heterocycles. The maximum absolute atomic E-state index is 12.2. The van der Waals surface area contributed by atoms with Crippen molar-refractivity contribution < 1.29 is 9.53 Å². The molecule has 5 nitrogen and oxygen atoms in total. The van der Waals surface area contributed by atoms with Gasteiger partial charge in [0, 0.05) is 19.1 Å². The third-order valence-corrected chi connectivity index (χ3v) is 5.02. The van der Waals surface area contributed by atoms with Gasteiger partial charge in [-0.15, -0.1) is 0 Å². The molecular formula is C18H35N3O2. The van der Waals surface area contributed by atoms with E-state index in [0.717, 1.165) is 44.7 Å². The predicted molar refractivity (Wildman–Crippen MR) is 93.6 cm³/mol. The zero-order chi connectivity index (χ0) is 16.9. The highest BCUT2D eigenvalue weighted by Crippen LogP contribution is 2.24. The van der Waals surface area contributed by atoms with Gasteiger partial charge in [0.2, 0.25) is 0 Å². The van der Waals surface area contributed by atoms with E-state index in [1.807, 2.05) is 27.8 Å². The van der Waals surface area contributed by atoms with Crippen LogP contribution in [0.2, 0.25) is 0 Å². The zero-order valence-corrected chi connectivity index (χ0v) is 15.4. The van der Waals surface area contributed by atoms with Crippen LogP contribution < -0.4 is 10.6 Å². The van der Waals surface area contributed by atoms with Crippen LogP contribution in [0.25, 0.3) is 0 Å². The summed E-state index contributed by atoms with van der Waals surface area (Å²) in [6.45, 7) is 9.21. The second kappa shape index (κ2) is 8.34. The first kappa shape index (κ1) is 18.5. The molecule has 5 heteroatoms. The molecule has 0 spiro atoms. The first-order valence-electron chi connectivity index (χ1n) is 9.25. The number of hydrogen-bond acceptors (Lipinski definition) is 4. The molecule has 134 valence electrons. The summed E-state index contributed by atoms with van der Waals surface area (Å²) in [5.74, 6) is 0.783. The van der Waals surface area contributed by atoms with Crippen LogP contribution in [0.3, 0.4) is 0 Å². The number of carbonyl (C=O) groups is 1. The molecule has 0 aromatic heterocycles. The number of rotatable bonds is 4. The fourth-order valence-corrected chi connectivity index (χ4v) is 3.58. The minimum absolute atomic E-state index is 0.192. The molecule has 2 N–H and O–H groups in total. The number of hydrogen-bond donors (Lipinski definition) is 2. The SMILES string of the molecule is CN(C(=O)OC(C)(C)C)C1CCC(NCC2CCCNC2)CC1. The topological polar surface area (TPSA) is 53.6 Å². The maximum atomic E-state index is 12.2. The minimum Gasteiger partial charge on any atom is -0.444 e. The van der Waals surface area contributed by atoms with Crippen molar-refractivity contribution in [3.63, 3.8) is 0 Å². The Morgan fingerprint density at radius 1 is 1.22 bits per heavy atom. The van der Waals surface area contributed by atoms with E-state index in [1.165, 1.54) is 19.4 Å². The van der Waals surface area contributed by atoms with E-state index in [0.29, 0.717) is 12.1 Å². The monoisotopic (exact) mass is 325 g/mol. The Hall–Kier alpha value is -0.810. The first-order chi connectivity index (χ1) is 10.8. The van der Waals surface area contributed by atoms with E-state index in [2.05, 4.69) is 10.6 Å². The van der Waals surface area contributed by atoms with Gasteiger partial charge in [0.1, 0.15) is 5.60 Å². The van der Waals surface area contributed by atoms with Crippen LogP contribution in [0.1, 0.15) is 59.3 Å².